The maximum atomic E-state index is 5.48. The average Bonchev–Trinajstić information content (AvgIpc) is 3.36. The molecule has 0 amide bonds. The second-order valence-electron chi connectivity index (χ2n) is 8.15. The Kier molecular flexibility index (Phi) is 7.74. The quantitative estimate of drug-likeness (QED) is 0.528. The van der Waals surface area contributed by atoms with E-state index in [-0.39, 0.29) is 0 Å². The molecule has 1 aromatic heterocycles. The summed E-state index contributed by atoms with van der Waals surface area (Å²) < 4.78 is 5.48. The van der Waals surface area contributed by atoms with Gasteiger partial charge in [0.1, 0.15) is 5.82 Å². The lowest BCUT2D eigenvalue weighted by Crippen LogP contribution is -2.37. The van der Waals surface area contributed by atoms with Crippen molar-refractivity contribution in [1.29, 1.82) is 0 Å². The van der Waals surface area contributed by atoms with Crippen molar-refractivity contribution in [2.75, 3.05) is 51.3 Å². The first-order valence-electron chi connectivity index (χ1n) is 11.3. The SMILES string of the molecule is CN=C(NCc1ccnc(N2CCCC2)c1)NCc1ccccc1CN1CCOCC1. The molecule has 0 radical (unpaired) electrons. The largest absolute Gasteiger partial charge is 0.379 e. The number of morpholine rings is 1. The molecular weight excluding hydrogens is 388 g/mol. The lowest BCUT2D eigenvalue weighted by atomic mass is 10.1. The molecule has 0 aliphatic carbocycles. The molecule has 2 aromatic rings. The summed E-state index contributed by atoms with van der Waals surface area (Å²) in [5.74, 6) is 1.89. The molecular formula is C24H34N6O. The highest BCUT2D eigenvalue weighted by Crippen LogP contribution is 2.18. The van der Waals surface area contributed by atoms with E-state index in [1.807, 2.05) is 13.2 Å². The van der Waals surface area contributed by atoms with Gasteiger partial charge < -0.3 is 20.3 Å². The van der Waals surface area contributed by atoms with E-state index in [1.165, 1.54) is 29.5 Å². The first kappa shape index (κ1) is 21.6. The van der Waals surface area contributed by atoms with Gasteiger partial charge in [0, 0.05) is 59.1 Å². The molecule has 0 saturated carbocycles. The Hall–Kier alpha value is -2.64. The summed E-state index contributed by atoms with van der Waals surface area (Å²) in [4.78, 5) is 13.8. The van der Waals surface area contributed by atoms with Crippen LogP contribution in [-0.2, 0) is 24.4 Å². The van der Waals surface area contributed by atoms with E-state index in [0.717, 1.165) is 70.8 Å². The third-order valence-corrected chi connectivity index (χ3v) is 5.99. The number of anilines is 1. The zero-order valence-electron chi connectivity index (χ0n) is 18.5. The highest BCUT2D eigenvalue weighted by Gasteiger charge is 2.14. The van der Waals surface area contributed by atoms with Gasteiger partial charge >= 0.3 is 0 Å². The molecule has 0 spiro atoms. The van der Waals surface area contributed by atoms with Gasteiger partial charge in [-0.3, -0.25) is 9.89 Å². The summed E-state index contributed by atoms with van der Waals surface area (Å²) in [6.45, 7) is 8.29. The van der Waals surface area contributed by atoms with Crippen molar-refractivity contribution in [1.82, 2.24) is 20.5 Å². The number of nitrogens with zero attached hydrogens (tertiary/aromatic N) is 4. The fourth-order valence-electron chi connectivity index (χ4n) is 4.16. The van der Waals surface area contributed by atoms with E-state index in [9.17, 15) is 0 Å². The van der Waals surface area contributed by atoms with Crippen LogP contribution >= 0.6 is 0 Å². The Morgan fingerprint density at radius 2 is 1.74 bits per heavy atom. The summed E-state index contributed by atoms with van der Waals surface area (Å²) in [6.07, 6.45) is 4.42. The molecule has 2 fully saturated rings. The molecule has 2 N–H and O–H groups in total. The average molecular weight is 423 g/mol. The standard InChI is InChI=1S/C24H34N6O/c1-25-24(27-17-20-8-9-26-23(16-20)30-10-4-5-11-30)28-18-21-6-2-3-7-22(21)19-29-12-14-31-15-13-29/h2-3,6-9,16H,4-5,10-15,17-19H2,1H3,(H2,25,27,28). The number of aliphatic imine (C=N–C) groups is 1. The Morgan fingerprint density at radius 3 is 2.52 bits per heavy atom. The lowest BCUT2D eigenvalue weighted by Gasteiger charge is -2.27. The summed E-state index contributed by atoms with van der Waals surface area (Å²) in [5.41, 5.74) is 3.88. The molecule has 166 valence electrons. The van der Waals surface area contributed by atoms with E-state index in [2.05, 4.69) is 66.8 Å². The molecule has 2 aliphatic heterocycles. The molecule has 7 nitrogen and oxygen atoms in total. The Labute approximate surface area is 185 Å². The van der Waals surface area contributed by atoms with E-state index < -0.39 is 0 Å². The minimum Gasteiger partial charge on any atom is -0.379 e. The number of nitrogens with one attached hydrogen (secondary N) is 2. The Morgan fingerprint density at radius 1 is 1.00 bits per heavy atom. The number of pyridine rings is 1. The number of rotatable bonds is 7. The van der Waals surface area contributed by atoms with Crippen LogP contribution < -0.4 is 15.5 Å². The first-order chi connectivity index (χ1) is 15.3. The van der Waals surface area contributed by atoms with Gasteiger partial charge in [-0.2, -0.15) is 0 Å². The number of hydrogen-bond donors (Lipinski definition) is 2. The summed E-state index contributed by atoms with van der Waals surface area (Å²) in [7, 11) is 1.82. The van der Waals surface area contributed by atoms with Crippen molar-refractivity contribution in [3.05, 3.63) is 59.3 Å². The lowest BCUT2D eigenvalue weighted by molar-refractivity contribution is 0.0341. The maximum Gasteiger partial charge on any atom is 0.191 e. The third kappa shape index (κ3) is 6.18. The minimum absolute atomic E-state index is 0.721. The predicted octanol–water partition coefficient (Wildman–Crippen LogP) is 2.38. The van der Waals surface area contributed by atoms with Gasteiger partial charge in [-0.25, -0.2) is 4.98 Å². The van der Waals surface area contributed by atoms with Crippen molar-refractivity contribution in [2.24, 2.45) is 4.99 Å². The van der Waals surface area contributed by atoms with Crippen LogP contribution in [-0.4, -0.2) is 62.3 Å². The fraction of sp³-hybridized carbons (Fsp3) is 0.500. The fourth-order valence-corrected chi connectivity index (χ4v) is 4.16. The highest BCUT2D eigenvalue weighted by molar-refractivity contribution is 5.79. The van der Waals surface area contributed by atoms with Gasteiger partial charge in [0.25, 0.3) is 0 Å². The van der Waals surface area contributed by atoms with Crippen molar-refractivity contribution < 1.29 is 4.74 Å². The van der Waals surface area contributed by atoms with Gasteiger partial charge in [0.15, 0.2) is 5.96 Å². The third-order valence-electron chi connectivity index (χ3n) is 5.99. The predicted molar refractivity (Wildman–Crippen MR) is 125 cm³/mol. The maximum absolute atomic E-state index is 5.48. The summed E-state index contributed by atoms with van der Waals surface area (Å²) in [5, 5.41) is 6.91. The van der Waals surface area contributed by atoms with Crippen molar-refractivity contribution in [2.45, 2.75) is 32.5 Å². The Balaban J connectivity index is 1.30. The van der Waals surface area contributed by atoms with Crippen molar-refractivity contribution >= 4 is 11.8 Å². The normalized spacial score (nSPS) is 17.7. The summed E-state index contributed by atoms with van der Waals surface area (Å²) >= 11 is 0. The molecule has 0 atom stereocenters. The Bertz CT molecular complexity index is 859. The van der Waals surface area contributed by atoms with Crippen LogP contribution in [0.5, 0.6) is 0 Å². The molecule has 4 rings (SSSR count). The zero-order chi connectivity index (χ0) is 21.3. The molecule has 2 saturated heterocycles. The first-order valence-corrected chi connectivity index (χ1v) is 11.3. The van der Waals surface area contributed by atoms with Crippen LogP contribution in [0.2, 0.25) is 0 Å². The summed E-state index contributed by atoms with van der Waals surface area (Å²) in [6, 6.07) is 12.9. The van der Waals surface area contributed by atoms with E-state index in [0.29, 0.717) is 0 Å². The van der Waals surface area contributed by atoms with Gasteiger partial charge in [-0.1, -0.05) is 24.3 Å². The molecule has 7 heteroatoms. The van der Waals surface area contributed by atoms with Crippen LogP contribution in [0.15, 0.2) is 47.6 Å². The number of benzene rings is 1. The number of ether oxygens (including phenoxy) is 1. The van der Waals surface area contributed by atoms with Gasteiger partial charge in [-0.05, 0) is 41.7 Å². The topological polar surface area (TPSA) is 65.0 Å². The van der Waals surface area contributed by atoms with E-state index in [4.69, 9.17) is 4.74 Å². The van der Waals surface area contributed by atoms with Crippen molar-refractivity contribution in [3.63, 3.8) is 0 Å². The van der Waals surface area contributed by atoms with Gasteiger partial charge in [0.2, 0.25) is 0 Å². The second kappa shape index (κ2) is 11.1. The highest BCUT2D eigenvalue weighted by atomic mass is 16.5. The number of hydrogen-bond acceptors (Lipinski definition) is 5. The van der Waals surface area contributed by atoms with Crippen LogP contribution in [0.3, 0.4) is 0 Å². The zero-order valence-corrected chi connectivity index (χ0v) is 18.5. The van der Waals surface area contributed by atoms with Crippen LogP contribution in [0.25, 0.3) is 0 Å². The molecule has 3 heterocycles. The molecule has 0 unspecified atom stereocenters. The van der Waals surface area contributed by atoms with Crippen LogP contribution in [0.1, 0.15) is 29.5 Å². The van der Waals surface area contributed by atoms with E-state index >= 15 is 0 Å². The van der Waals surface area contributed by atoms with Crippen molar-refractivity contribution in [3.8, 4) is 0 Å². The molecule has 0 bridgehead atoms. The number of guanidine groups is 1. The monoisotopic (exact) mass is 422 g/mol. The molecule has 1 aromatic carbocycles. The smallest absolute Gasteiger partial charge is 0.191 e. The molecule has 2 aliphatic rings. The second-order valence-corrected chi connectivity index (χ2v) is 8.15. The van der Waals surface area contributed by atoms with Gasteiger partial charge in [-0.15, -0.1) is 0 Å². The minimum atomic E-state index is 0.721. The van der Waals surface area contributed by atoms with Crippen LogP contribution in [0, 0.1) is 0 Å². The molecule has 31 heavy (non-hydrogen) atoms. The van der Waals surface area contributed by atoms with Gasteiger partial charge in [0.05, 0.1) is 13.2 Å². The van der Waals surface area contributed by atoms with E-state index in [1.54, 1.807) is 0 Å². The number of aromatic nitrogens is 1. The van der Waals surface area contributed by atoms with Crippen LogP contribution in [0.4, 0.5) is 5.82 Å².